The maximum absolute atomic E-state index is 12.4. The monoisotopic (exact) mass is 350 g/mol. The third-order valence-electron chi connectivity index (χ3n) is 3.32. The summed E-state index contributed by atoms with van der Waals surface area (Å²) in [4.78, 5) is 24.6. The second-order valence-electron chi connectivity index (χ2n) is 5.38. The molecule has 0 aliphatic rings. The van der Waals surface area contributed by atoms with E-state index in [1.54, 1.807) is 35.0 Å². The van der Waals surface area contributed by atoms with Gasteiger partial charge in [-0.25, -0.2) is 4.79 Å². The first-order valence-corrected chi connectivity index (χ1v) is 7.78. The van der Waals surface area contributed by atoms with Crippen LogP contribution in [-0.2, 0) is 24.9 Å². The van der Waals surface area contributed by atoms with Crippen LogP contribution in [-0.4, -0.2) is 38.3 Å². The fourth-order valence-corrected chi connectivity index (χ4v) is 2.30. The quantitative estimate of drug-likeness (QED) is 0.801. The minimum Gasteiger partial charge on any atom is -0.481 e. The van der Waals surface area contributed by atoms with Crippen molar-refractivity contribution in [2.45, 2.75) is 19.5 Å². The van der Waals surface area contributed by atoms with Crippen molar-refractivity contribution >= 4 is 23.6 Å². The van der Waals surface area contributed by atoms with Gasteiger partial charge in [0.2, 0.25) is 0 Å². The highest BCUT2D eigenvalue weighted by atomic mass is 35.5. The summed E-state index contributed by atoms with van der Waals surface area (Å²) in [5.41, 5.74) is 1.82. The van der Waals surface area contributed by atoms with E-state index in [9.17, 15) is 9.59 Å². The fraction of sp³-hybridized carbons (Fsp3) is 0.312. The first-order valence-electron chi connectivity index (χ1n) is 7.40. The van der Waals surface area contributed by atoms with Crippen molar-refractivity contribution in [1.82, 2.24) is 20.0 Å². The second-order valence-corrected chi connectivity index (χ2v) is 5.82. The normalized spacial score (nSPS) is 10.4. The zero-order valence-corrected chi connectivity index (χ0v) is 14.0. The molecule has 2 rings (SSSR count). The Labute approximate surface area is 144 Å². The number of amides is 2. The predicted molar refractivity (Wildman–Crippen MR) is 89.6 cm³/mol. The minimum absolute atomic E-state index is 0.0817. The molecular weight excluding hydrogens is 332 g/mol. The van der Waals surface area contributed by atoms with Gasteiger partial charge in [-0.2, -0.15) is 5.10 Å². The van der Waals surface area contributed by atoms with Crippen molar-refractivity contribution < 1.29 is 14.7 Å². The maximum Gasteiger partial charge on any atom is 0.318 e. The highest BCUT2D eigenvalue weighted by Gasteiger charge is 2.15. The number of aryl methyl sites for hydroxylation is 1. The van der Waals surface area contributed by atoms with Gasteiger partial charge in [-0.1, -0.05) is 23.7 Å². The van der Waals surface area contributed by atoms with E-state index in [0.29, 0.717) is 18.1 Å². The Hall–Kier alpha value is -2.54. The van der Waals surface area contributed by atoms with Gasteiger partial charge in [-0.05, 0) is 17.7 Å². The Kier molecular flexibility index (Phi) is 6.20. The molecule has 0 aliphatic carbocycles. The first-order chi connectivity index (χ1) is 11.4. The van der Waals surface area contributed by atoms with E-state index in [1.807, 2.05) is 18.3 Å². The number of carboxylic acid groups (broad SMARTS) is 1. The average molecular weight is 351 g/mol. The number of rotatable bonds is 7. The van der Waals surface area contributed by atoms with Crippen molar-refractivity contribution in [3.63, 3.8) is 0 Å². The van der Waals surface area contributed by atoms with Crippen LogP contribution in [0.1, 0.15) is 17.5 Å². The number of nitrogens with zero attached hydrogens (tertiary/aromatic N) is 3. The Balaban J connectivity index is 2.06. The van der Waals surface area contributed by atoms with Crippen LogP contribution in [0, 0.1) is 0 Å². The van der Waals surface area contributed by atoms with Gasteiger partial charge in [0.05, 0.1) is 19.2 Å². The van der Waals surface area contributed by atoms with Crippen LogP contribution in [0.15, 0.2) is 36.7 Å². The van der Waals surface area contributed by atoms with E-state index in [4.69, 9.17) is 16.7 Å². The molecule has 0 unspecified atom stereocenters. The van der Waals surface area contributed by atoms with Crippen LogP contribution in [0.2, 0.25) is 5.02 Å². The van der Waals surface area contributed by atoms with Gasteiger partial charge >= 0.3 is 12.0 Å². The van der Waals surface area contributed by atoms with Crippen LogP contribution in [0.4, 0.5) is 4.79 Å². The van der Waals surface area contributed by atoms with Crippen LogP contribution in [0.25, 0.3) is 0 Å². The standard InChI is InChI=1S/C16H19ClN4O3/c1-20-9-13(8-19-20)11-21(16(24)18-7-6-15(22)23)10-12-2-4-14(17)5-3-12/h2-5,8-9H,6-7,10-11H2,1H3,(H,18,24)(H,22,23). The molecule has 1 aromatic heterocycles. The molecule has 2 N–H and O–H groups in total. The lowest BCUT2D eigenvalue weighted by molar-refractivity contribution is -0.136. The molecule has 128 valence electrons. The zero-order valence-electron chi connectivity index (χ0n) is 13.3. The molecule has 2 amide bonds. The van der Waals surface area contributed by atoms with E-state index in [2.05, 4.69) is 10.4 Å². The first kappa shape index (κ1) is 17.8. The Morgan fingerprint density at radius 1 is 1.25 bits per heavy atom. The average Bonchev–Trinajstić information content (AvgIpc) is 2.93. The van der Waals surface area contributed by atoms with Crippen molar-refractivity contribution in [3.8, 4) is 0 Å². The number of hydrogen-bond donors (Lipinski definition) is 2. The number of aliphatic carboxylic acids is 1. The molecule has 0 bridgehead atoms. The van der Waals surface area contributed by atoms with E-state index in [-0.39, 0.29) is 19.0 Å². The van der Waals surface area contributed by atoms with Gasteiger partial charge in [0.1, 0.15) is 0 Å². The Morgan fingerprint density at radius 3 is 2.50 bits per heavy atom. The lowest BCUT2D eigenvalue weighted by Gasteiger charge is -2.22. The van der Waals surface area contributed by atoms with Crippen molar-refractivity contribution in [2.24, 2.45) is 7.05 Å². The van der Waals surface area contributed by atoms with Crippen molar-refractivity contribution in [1.29, 1.82) is 0 Å². The highest BCUT2D eigenvalue weighted by Crippen LogP contribution is 2.13. The van der Waals surface area contributed by atoms with Crippen molar-refractivity contribution in [3.05, 3.63) is 52.8 Å². The third-order valence-corrected chi connectivity index (χ3v) is 3.57. The molecule has 0 saturated carbocycles. The molecule has 0 saturated heterocycles. The van der Waals surface area contributed by atoms with Gasteiger partial charge < -0.3 is 15.3 Å². The molecule has 1 aromatic carbocycles. The van der Waals surface area contributed by atoms with Gasteiger partial charge in [-0.15, -0.1) is 0 Å². The number of urea groups is 1. The fourth-order valence-electron chi connectivity index (χ4n) is 2.17. The van der Waals surface area contributed by atoms with E-state index in [1.165, 1.54) is 0 Å². The second kappa shape index (κ2) is 8.35. The number of carbonyl (C=O) groups is 2. The molecule has 1 heterocycles. The van der Waals surface area contributed by atoms with E-state index >= 15 is 0 Å². The summed E-state index contributed by atoms with van der Waals surface area (Å²) in [7, 11) is 1.81. The number of nitrogens with one attached hydrogen (secondary N) is 1. The number of halogens is 1. The summed E-state index contributed by atoms with van der Waals surface area (Å²) in [6, 6.07) is 6.91. The lowest BCUT2D eigenvalue weighted by atomic mass is 10.2. The Morgan fingerprint density at radius 2 is 1.92 bits per heavy atom. The number of benzene rings is 1. The highest BCUT2D eigenvalue weighted by molar-refractivity contribution is 6.30. The smallest absolute Gasteiger partial charge is 0.318 e. The molecular formula is C16H19ClN4O3. The molecule has 8 heteroatoms. The molecule has 0 radical (unpaired) electrons. The summed E-state index contributed by atoms with van der Waals surface area (Å²) >= 11 is 5.88. The Bertz CT molecular complexity index is 700. The van der Waals surface area contributed by atoms with Crippen LogP contribution < -0.4 is 5.32 Å². The molecule has 0 fully saturated rings. The summed E-state index contributed by atoms with van der Waals surface area (Å²) in [6.07, 6.45) is 3.41. The number of carbonyl (C=O) groups excluding carboxylic acids is 1. The van der Waals surface area contributed by atoms with Gasteiger partial charge in [-0.3, -0.25) is 9.48 Å². The SMILES string of the molecule is Cn1cc(CN(Cc2ccc(Cl)cc2)C(=O)NCCC(=O)O)cn1. The molecule has 2 aromatic rings. The predicted octanol–water partition coefficient (Wildman–Crippen LogP) is 2.26. The van der Waals surface area contributed by atoms with E-state index in [0.717, 1.165) is 11.1 Å². The van der Waals surface area contributed by atoms with Crippen LogP contribution in [0.3, 0.4) is 0 Å². The number of aromatic nitrogens is 2. The molecule has 7 nitrogen and oxygen atoms in total. The summed E-state index contributed by atoms with van der Waals surface area (Å²) < 4.78 is 1.66. The molecule has 0 aliphatic heterocycles. The number of hydrogen-bond acceptors (Lipinski definition) is 3. The largest absolute Gasteiger partial charge is 0.481 e. The topological polar surface area (TPSA) is 87.5 Å². The summed E-state index contributed by atoms with van der Waals surface area (Å²) in [5, 5.41) is 16.0. The van der Waals surface area contributed by atoms with Crippen LogP contribution >= 0.6 is 11.6 Å². The van der Waals surface area contributed by atoms with Crippen LogP contribution in [0.5, 0.6) is 0 Å². The molecule has 24 heavy (non-hydrogen) atoms. The summed E-state index contributed by atoms with van der Waals surface area (Å²) in [6.45, 7) is 0.832. The van der Waals surface area contributed by atoms with E-state index < -0.39 is 5.97 Å². The molecule has 0 atom stereocenters. The zero-order chi connectivity index (χ0) is 17.5. The molecule has 0 spiro atoms. The maximum atomic E-state index is 12.4. The van der Waals surface area contributed by atoms with Gasteiger partial charge in [0, 0.05) is 36.9 Å². The van der Waals surface area contributed by atoms with Crippen molar-refractivity contribution in [2.75, 3.05) is 6.54 Å². The third kappa shape index (κ3) is 5.58. The van der Waals surface area contributed by atoms with Gasteiger partial charge in [0.25, 0.3) is 0 Å². The summed E-state index contributed by atoms with van der Waals surface area (Å²) in [5.74, 6) is -0.952. The lowest BCUT2D eigenvalue weighted by Crippen LogP contribution is -2.39. The van der Waals surface area contributed by atoms with Gasteiger partial charge in [0.15, 0.2) is 0 Å². The number of carboxylic acids is 1. The minimum atomic E-state index is -0.952.